The minimum absolute atomic E-state index is 0.108. The molecule has 2 aliphatic heterocycles. The number of anilines is 4. The number of halogens is 1. The minimum atomic E-state index is -4.03. The molecule has 0 bridgehead atoms. The molecule has 6 aliphatic rings. The van der Waals surface area contributed by atoms with Crippen LogP contribution in [-0.2, 0) is 86.6 Å². The summed E-state index contributed by atoms with van der Waals surface area (Å²) in [7, 11) is -3.44. The zero-order valence-corrected chi connectivity index (χ0v) is 46.3. The molecule has 4 aromatic rings. The Morgan fingerprint density at radius 3 is 1.93 bits per heavy atom. The monoisotopic (exact) mass is 1070 g/mol. The number of rotatable bonds is 13. The Balaban J connectivity index is 0.000000154. The first-order valence-corrected chi connectivity index (χ1v) is 33.3. The number of benzene rings is 2. The van der Waals surface area contributed by atoms with Crippen LogP contribution in [0.15, 0.2) is 22.4 Å². The molecule has 2 atom stereocenters. The number of piperidine rings is 2. The zero-order chi connectivity index (χ0) is 51.4. The molecule has 396 valence electrons. The van der Waals surface area contributed by atoms with Gasteiger partial charge >= 0.3 is 6.09 Å². The molecule has 2 aromatic carbocycles. The summed E-state index contributed by atoms with van der Waals surface area (Å²) in [5, 5.41) is 20.3. The van der Waals surface area contributed by atoms with Crippen LogP contribution in [0.25, 0.3) is 0 Å². The van der Waals surface area contributed by atoms with Crippen LogP contribution in [0, 0.1) is 0 Å². The number of fused-ring (bicyclic) bond motifs is 4. The van der Waals surface area contributed by atoms with Crippen molar-refractivity contribution in [1.82, 2.24) is 44.9 Å². The van der Waals surface area contributed by atoms with Crippen LogP contribution in [0.2, 0.25) is 25.7 Å². The summed E-state index contributed by atoms with van der Waals surface area (Å²) in [6.45, 7) is 16.2. The van der Waals surface area contributed by atoms with Crippen LogP contribution in [0.1, 0.15) is 117 Å². The number of hydrogen-bond donors (Lipinski definition) is 6. The number of nitrogens with zero attached hydrogens (tertiary/aromatic N) is 6. The molecular formula is C49H75ClN12O7S2Si. The van der Waals surface area contributed by atoms with Crippen LogP contribution in [0.4, 0.5) is 28.1 Å². The van der Waals surface area contributed by atoms with E-state index in [1.54, 1.807) is 4.90 Å². The Morgan fingerprint density at radius 1 is 0.833 bits per heavy atom. The second kappa shape index (κ2) is 22.8. The molecular weight excluding hydrogens is 996 g/mol. The first-order valence-electron chi connectivity index (χ1n) is 25.8. The molecule has 2 aromatic heterocycles. The fourth-order valence-corrected chi connectivity index (χ4v) is 12.9. The second-order valence-corrected chi connectivity index (χ2v) is 31.9. The van der Waals surface area contributed by atoms with Crippen molar-refractivity contribution in [2.75, 3.05) is 43.4 Å². The van der Waals surface area contributed by atoms with E-state index in [-0.39, 0.29) is 30.1 Å². The largest absolute Gasteiger partial charge is 0.444 e. The number of aromatic nitrogens is 6. The standard InChI is InChI=1S/C20H29ClN4O3SSi.C19H26N6O2S.C10H20N2O2/c1-30(2,3)11-10-28-13-25-19(23-20(24-25)29(21,26)27)22-18-16-8-4-6-14(16)12-15-7-5-9-17(15)18;26-28(27,25-14-6-3-9-20-11-14)19-22-18(23-24-19)21-17-15-7-1-4-12(15)10-13-5-2-8-16(13)17;1-10(2,3)14-9(13)12-6-4-5-8(11)7-12/h12H,4-11,13H2,1-3H3,(H,22,23,24);10,14,20,25H,1-9,11H2,(H2,21,22,23,24);8H,4-7,11H2,1-3H3. The Morgan fingerprint density at radius 2 is 1.42 bits per heavy atom. The van der Waals surface area contributed by atoms with E-state index >= 15 is 0 Å². The first kappa shape index (κ1) is 54.1. The molecule has 0 radical (unpaired) electrons. The molecule has 7 N–H and O–H groups in total. The first-order chi connectivity index (χ1) is 34.1. The highest BCUT2D eigenvalue weighted by molar-refractivity contribution is 8.13. The average molecular weight is 1070 g/mol. The van der Waals surface area contributed by atoms with E-state index in [4.69, 9.17) is 25.9 Å². The highest BCUT2D eigenvalue weighted by atomic mass is 35.7. The van der Waals surface area contributed by atoms with Crippen molar-refractivity contribution in [2.45, 2.75) is 184 Å². The molecule has 10 rings (SSSR count). The van der Waals surface area contributed by atoms with Gasteiger partial charge in [0.15, 0.2) is 0 Å². The smallest absolute Gasteiger partial charge is 0.410 e. The van der Waals surface area contributed by atoms with Gasteiger partial charge in [-0.25, -0.2) is 36.1 Å². The predicted octanol–water partition coefficient (Wildman–Crippen LogP) is 7.14. The summed E-state index contributed by atoms with van der Waals surface area (Å²) in [5.41, 5.74) is 18.5. The minimum Gasteiger partial charge on any atom is -0.444 e. The number of hydrogen-bond acceptors (Lipinski definition) is 15. The van der Waals surface area contributed by atoms with Gasteiger partial charge in [-0.3, -0.25) is 0 Å². The van der Waals surface area contributed by atoms with Crippen molar-refractivity contribution in [3.05, 3.63) is 56.6 Å². The van der Waals surface area contributed by atoms with Crippen LogP contribution >= 0.6 is 10.7 Å². The maximum Gasteiger partial charge on any atom is 0.410 e. The molecule has 0 saturated carbocycles. The van der Waals surface area contributed by atoms with Crippen molar-refractivity contribution >= 4 is 67.2 Å². The maximum atomic E-state index is 12.6. The fraction of sp³-hybridized carbons (Fsp3) is 0.653. The van der Waals surface area contributed by atoms with Crippen molar-refractivity contribution < 1.29 is 31.1 Å². The number of aromatic amines is 1. The lowest BCUT2D eigenvalue weighted by molar-refractivity contribution is 0.0200. The number of nitrogens with two attached hydrogens (primary N) is 1. The molecule has 4 aliphatic carbocycles. The topological polar surface area (TPSA) is 253 Å². The van der Waals surface area contributed by atoms with E-state index in [9.17, 15) is 21.6 Å². The highest BCUT2D eigenvalue weighted by Crippen LogP contribution is 2.41. The number of sulfonamides is 1. The molecule has 2 unspecified atom stereocenters. The van der Waals surface area contributed by atoms with Gasteiger partial charge in [0.2, 0.25) is 11.9 Å². The van der Waals surface area contributed by atoms with Crippen molar-refractivity contribution in [2.24, 2.45) is 5.73 Å². The molecule has 72 heavy (non-hydrogen) atoms. The van der Waals surface area contributed by atoms with Gasteiger partial charge in [0.25, 0.3) is 29.4 Å². The Hall–Kier alpha value is -4.16. The highest BCUT2D eigenvalue weighted by Gasteiger charge is 2.30. The third kappa shape index (κ3) is 14.0. The van der Waals surface area contributed by atoms with Crippen molar-refractivity contribution in [3.63, 3.8) is 0 Å². The number of aryl methyl sites for hydroxylation is 4. The zero-order valence-electron chi connectivity index (χ0n) is 42.9. The van der Waals surface area contributed by atoms with Crippen LogP contribution < -0.4 is 26.4 Å². The van der Waals surface area contributed by atoms with E-state index in [1.165, 1.54) is 62.0 Å². The Kier molecular flexibility index (Phi) is 17.1. The number of likely N-dealkylation sites (tertiary alicyclic amines) is 1. The van der Waals surface area contributed by atoms with Gasteiger partial charge in [0.05, 0.1) is 0 Å². The maximum absolute atomic E-state index is 12.6. The number of H-pyrrole nitrogens is 1. The number of carbonyl (C=O) groups is 1. The summed E-state index contributed by atoms with van der Waals surface area (Å²) in [5.74, 6) is 0.674. The second-order valence-electron chi connectivity index (χ2n) is 22.2. The van der Waals surface area contributed by atoms with Crippen LogP contribution in [0.3, 0.4) is 0 Å². The van der Waals surface area contributed by atoms with Gasteiger partial charge in [-0.1, -0.05) is 31.8 Å². The summed E-state index contributed by atoms with van der Waals surface area (Å²) in [6, 6.07) is 5.74. The molecule has 0 spiro atoms. The molecule has 2 saturated heterocycles. The molecule has 4 heterocycles. The lowest BCUT2D eigenvalue weighted by Gasteiger charge is -2.32. The Bertz CT molecular complexity index is 2740. The van der Waals surface area contributed by atoms with E-state index in [2.05, 4.69) is 77.7 Å². The molecule has 23 heteroatoms. The molecule has 19 nitrogen and oxygen atoms in total. The third-order valence-corrected chi connectivity index (χ3v) is 18.0. The van der Waals surface area contributed by atoms with Gasteiger partial charge in [0, 0.05) is 68.5 Å². The number of carbonyl (C=O) groups excluding carboxylic acids is 1. The Labute approximate surface area is 430 Å². The predicted molar refractivity (Wildman–Crippen MR) is 282 cm³/mol. The van der Waals surface area contributed by atoms with Gasteiger partial charge in [-0.15, -0.1) is 10.2 Å². The van der Waals surface area contributed by atoms with Gasteiger partial charge in [-0.05, 0) is 181 Å². The lowest BCUT2D eigenvalue weighted by atomic mass is 9.99. The van der Waals surface area contributed by atoms with Gasteiger partial charge in [0.1, 0.15) is 12.3 Å². The van der Waals surface area contributed by atoms with E-state index < -0.39 is 37.9 Å². The van der Waals surface area contributed by atoms with Crippen molar-refractivity contribution in [3.8, 4) is 0 Å². The lowest BCUT2D eigenvalue weighted by Crippen LogP contribution is -2.47. The van der Waals surface area contributed by atoms with E-state index in [0.717, 1.165) is 120 Å². The van der Waals surface area contributed by atoms with Crippen LogP contribution in [0.5, 0.6) is 0 Å². The quantitative estimate of drug-likeness (QED) is 0.0442. The summed E-state index contributed by atoms with van der Waals surface area (Å²) in [6.07, 6.45) is 16.7. The normalized spacial score (nSPS) is 19.6. The van der Waals surface area contributed by atoms with Gasteiger partial charge < -0.3 is 36.1 Å². The van der Waals surface area contributed by atoms with Crippen molar-refractivity contribution in [1.29, 1.82) is 0 Å². The summed E-state index contributed by atoms with van der Waals surface area (Å²) < 4.78 is 64.2. The third-order valence-electron chi connectivity index (χ3n) is 13.9. The van der Waals surface area contributed by atoms with E-state index in [0.29, 0.717) is 31.6 Å². The number of amides is 1. The van der Waals surface area contributed by atoms with Gasteiger partial charge in [-0.2, -0.15) is 9.97 Å². The van der Waals surface area contributed by atoms with Crippen LogP contribution in [-0.4, -0.2) is 116 Å². The number of nitrogens with one attached hydrogen (secondary N) is 5. The molecule has 2 fully saturated rings. The summed E-state index contributed by atoms with van der Waals surface area (Å²) >= 11 is 0. The number of ether oxygens (including phenoxy) is 2. The SMILES string of the molecule is CC(C)(C)OC(=O)N1CCCC(N)C1.C[Si](C)(C)CCOCn1nc(S(=O)(=O)Cl)nc1Nc1c2c(cc3c1CCC3)CCC2.O=S(=O)(NC1CCCNC1)c1nc(Nc2c3c(cc4c2CCC4)CCC3)n[nH]1. The molecule has 1 amide bonds. The fourth-order valence-electron chi connectivity index (χ4n) is 10.4. The average Bonchev–Trinajstić information content (AvgIpc) is 4.17. The summed E-state index contributed by atoms with van der Waals surface area (Å²) in [4.78, 5) is 21.8. The van der Waals surface area contributed by atoms with E-state index in [1.807, 2.05) is 20.8 Å².